The second-order valence-corrected chi connectivity index (χ2v) is 4.22. The van der Waals surface area contributed by atoms with Crippen molar-refractivity contribution in [2.75, 3.05) is 0 Å². The van der Waals surface area contributed by atoms with Gasteiger partial charge in [-0.1, -0.05) is 30.3 Å². The molecule has 1 N–H and O–H groups in total. The summed E-state index contributed by atoms with van der Waals surface area (Å²) in [6.45, 7) is 1.25. The number of rotatable bonds is 5. The van der Waals surface area contributed by atoms with Crippen molar-refractivity contribution in [1.29, 1.82) is 10.7 Å². The van der Waals surface area contributed by atoms with Crippen molar-refractivity contribution in [3.05, 3.63) is 30.3 Å². The number of nitriles is 1. The van der Waals surface area contributed by atoms with Crippen LogP contribution < -0.4 is 0 Å². The van der Waals surface area contributed by atoms with Crippen molar-refractivity contribution in [3.8, 4) is 17.5 Å². The van der Waals surface area contributed by atoms with Gasteiger partial charge < -0.3 is 5.41 Å². The highest BCUT2D eigenvalue weighted by atomic mass is 16.1. The molecule has 100 valence electrons. The lowest BCUT2D eigenvalue weighted by molar-refractivity contribution is -0.120. The molecule has 0 aliphatic heterocycles. The second-order valence-electron chi connectivity index (χ2n) is 4.22. The van der Waals surface area contributed by atoms with E-state index in [1.807, 2.05) is 30.3 Å². The van der Waals surface area contributed by atoms with Gasteiger partial charge >= 0.3 is 0 Å². The van der Waals surface area contributed by atoms with Gasteiger partial charge in [-0.2, -0.15) is 10.1 Å². The van der Waals surface area contributed by atoms with Gasteiger partial charge in [-0.05, 0) is 12.1 Å². The lowest BCUT2D eigenvalue weighted by atomic mass is 10.0. The molecule has 0 spiro atoms. The molecule has 7 heteroatoms. The number of hydrogen-bond donors (Lipinski definition) is 1. The fourth-order valence-corrected chi connectivity index (χ4v) is 1.65. The van der Waals surface area contributed by atoms with Crippen LogP contribution in [0.25, 0.3) is 11.4 Å². The van der Waals surface area contributed by atoms with Crippen LogP contribution in [0.5, 0.6) is 0 Å². The first-order valence-corrected chi connectivity index (χ1v) is 5.92. The molecule has 0 fully saturated rings. The molecule has 20 heavy (non-hydrogen) atoms. The van der Waals surface area contributed by atoms with Crippen LogP contribution in [-0.4, -0.2) is 31.7 Å². The standard InChI is InChI=1S/C13H12N6O/c1-9(15)11(7-14)12(20)8-19-17-13(16-18-19)10-5-3-2-4-6-10/h2-6,11,15H,8H2,1H3. The minimum absolute atomic E-state index is 0.0147. The van der Waals surface area contributed by atoms with Crippen LogP contribution >= 0.6 is 0 Å². The minimum Gasteiger partial charge on any atom is -0.308 e. The number of tetrazole rings is 1. The van der Waals surface area contributed by atoms with Crippen molar-refractivity contribution in [2.45, 2.75) is 13.5 Å². The summed E-state index contributed by atoms with van der Waals surface area (Å²) in [6, 6.07) is 11.1. The molecule has 2 aromatic rings. The third-order valence-electron chi connectivity index (χ3n) is 2.67. The lowest BCUT2D eigenvalue weighted by Gasteiger charge is -2.04. The molecule has 1 aromatic heterocycles. The highest BCUT2D eigenvalue weighted by Crippen LogP contribution is 2.12. The predicted octanol–water partition coefficient (Wildman–Crippen LogP) is 1.09. The van der Waals surface area contributed by atoms with E-state index in [0.717, 1.165) is 10.4 Å². The van der Waals surface area contributed by atoms with Gasteiger partial charge in [-0.3, -0.25) is 4.79 Å². The predicted molar refractivity (Wildman–Crippen MR) is 70.8 cm³/mol. The van der Waals surface area contributed by atoms with E-state index in [0.29, 0.717) is 5.82 Å². The molecule has 0 bridgehead atoms. The maximum absolute atomic E-state index is 11.8. The lowest BCUT2D eigenvalue weighted by Crippen LogP contribution is -2.25. The van der Waals surface area contributed by atoms with E-state index in [1.165, 1.54) is 6.92 Å². The van der Waals surface area contributed by atoms with E-state index in [-0.39, 0.29) is 12.3 Å². The molecule has 1 aromatic carbocycles. The van der Waals surface area contributed by atoms with Crippen LogP contribution in [0.2, 0.25) is 0 Å². The summed E-state index contributed by atoms with van der Waals surface area (Å²) >= 11 is 0. The molecule has 0 radical (unpaired) electrons. The van der Waals surface area contributed by atoms with Gasteiger partial charge in [0, 0.05) is 11.3 Å². The summed E-state index contributed by atoms with van der Waals surface area (Å²) in [4.78, 5) is 13.0. The Labute approximate surface area is 115 Å². The molecule has 0 aliphatic rings. The van der Waals surface area contributed by atoms with E-state index in [1.54, 1.807) is 6.07 Å². The van der Waals surface area contributed by atoms with Crippen molar-refractivity contribution < 1.29 is 4.79 Å². The van der Waals surface area contributed by atoms with Crippen molar-refractivity contribution in [3.63, 3.8) is 0 Å². The van der Waals surface area contributed by atoms with E-state index in [2.05, 4.69) is 15.4 Å². The number of hydrogen-bond acceptors (Lipinski definition) is 6. The van der Waals surface area contributed by atoms with E-state index in [4.69, 9.17) is 10.7 Å². The zero-order valence-corrected chi connectivity index (χ0v) is 10.8. The number of carbonyl (C=O) groups excluding carboxylic acids is 1. The fraction of sp³-hybridized carbons (Fsp3) is 0.231. The van der Waals surface area contributed by atoms with Gasteiger partial charge in [0.05, 0.1) is 6.07 Å². The Balaban J connectivity index is 2.13. The number of nitrogens with one attached hydrogen (secondary N) is 1. The Hall–Kier alpha value is -2.88. The van der Waals surface area contributed by atoms with Crippen LogP contribution in [0.3, 0.4) is 0 Å². The molecular formula is C13H12N6O. The first kappa shape index (κ1) is 13.5. The highest BCUT2D eigenvalue weighted by molar-refractivity contribution is 6.04. The van der Waals surface area contributed by atoms with Gasteiger partial charge in [0.2, 0.25) is 5.82 Å². The van der Waals surface area contributed by atoms with Gasteiger partial charge in [0.1, 0.15) is 12.5 Å². The number of ketones is 1. The Bertz CT molecular complexity index is 670. The Morgan fingerprint density at radius 1 is 1.45 bits per heavy atom. The Morgan fingerprint density at radius 2 is 2.15 bits per heavy atom. The third-order valence-corrected chi connectivity index (χ3v) is 2.67. The van der Waals surface area contributed by atoms with Crippen LogP contribution in [0, 0.1) is 22.7 Å². The molecule has 1 atom stereocenters. The Morgan fingerprint density at radius 3 is 2.75 bits per heavy atom. The topological polar surface area (TPSA) is 108 Å². The monoisotopic (exact) mass is 268 g/mol. The van der Waals surface area contributed by atoms with Crippen LogP contribution in [0.1, 0.15) is 6.92 Å². The van der Waals surface area contributed by atoms with Crippen molar-refractivity contribution in [1.82, 2.24) is 20.2 Å². The molecule has 2 rings (SSSR count). The van der Waals surface area contributed by atoms with E-state index in [9.17, 15) is 4.79 Å². The molecule has 1 heterocycles. The van der Waals surface area contributed by atoms with Gasteiger partial charge in [-0.15, -0.1) is 10.2 Å². The summed E-state index contributed by atoms with van der Waals surface area (Å²) in [5, 5.41) is 28.0. The largest absolute Gasteiger partial charge is 0.308 e. The third kappa shape index (κ3) is 2.92. The average molecular weight is 268 g/mol. The number of benzene rings is 1. The maximum Gasteiger partial charge on any atom is 0.204 e. The number of aromatic nitrogens is 4. The molecule has 0 saturated carbocycles. The number of Topliss-reactive ketones (excluding diaryl/α,β-unsaturated/α-hetero) is 1. The van der Waals surface area contributed by atoms with Crippen molar-refractivity contribution in [2.24, 2.45) is 5.92 Å². The second kappa shape index (κ2) is 5.84. The SMILES string of the molecule is CC(=N)C(C#N)C(=O)Cn1nnc(-c2ccccc2)n1. The van der Waals surface area contributed by atoms with Crippen LogP contribution in [0.4, 0.5) is 0 Å². The molecule has 0 amide bonds. The average Bonchev–Trinajstić information content (AvgIpc) is 2.88. The zero-order chi connectivity index (χ0) is 14.5. The van der Waals surface area contributed by atoms with Gasteiger partial charge in [-0.25, -0.2) is 0 Å². The summed E-state index contributed by atoms with van der Waals surface area (Å²) in [5.74, 6) is -1.06. The molecule has 0 aliphatic carbocycles. The van der Waals surface area contributed by atoms with Gasteiger partial charge in [0.15, 0.2) is 5.78 Å². The number of carbonyl (C=O) groups is 1. The van der Waals surface area contributed by atoms with Crippen molar-refractivity contribution >= 4 is 11.5 Å². The molecular weight excluding hydrogens is 256 g/mol. The normalized spacial score (nSPS) is 11.6. The fourth-order valence-electron chi connectivity index (χ4n) is 1.65. The molecule has 1 unspecified atom stereocenters. The Kier molecular flexibility index (Phi) is 3.96. The molecule has 0 saturated heterocycles. The summed E-state index contributed by atoms with van der Waals surface area (Å²) in [7, 11) is 0. The summed E-state index contributed by atoms with van der Waals surface area (Å²) in [6.07, 6.45) is 0. The zero-order valence-electron chi connectivity index (χ0n) is 10.8. The van der Waals surface area contributed by atoms with Gasteiger partial charge in [0.25, 0.3) is 0 Å². The first-order chi connectivity index (χ1) is 9.61. The smallest absolute Gasteiger partial charge is 0.204 e. The highest BCUT2D eigenvalue weighted by Gasteiger charge is 2.21. The summed E-state index contributed by atoms with van der Waals surface area (Å²) in [5.41, 5.74) is 0.812. The first-order valence-electron chi connectivity index (χ1n) is 5.92. The van der Waals surface area contributed by atoms with Crippen LogP contribution in [-0.2, 0) is 11.3 Å². The number of nitrogens with zero attached hydrogens (tertiary/aromatic N) is 5. The van der Waals surface area contributed by atoms with E-state index < -0.39 is 11.7 Å². The maximum atomic E-state index is 11.8. The summed E-state index contributed by atoms with van der Waals surface area (Å²) < 4.78 is 0. The minimum atomic E-state index is -1.05. The van der Waals surface area contributed by atoms with E-state index >= 15 is 0 Å². The van der Waals surface area contributed by atoms with Crippen LogP contribution in [0.15, 0.2) is 30.3 Å². The molecule has 7 nitrogen and oxygen atoms in total. The quantitative estimate of drug-likeness (QED) is 0.816.